The molecule has 5 aromatic rings. The molecule has 0 spiro atoms. The molecule has 7 heterocycles. The third-order valence-electron chi connectivity index (χ3n) is 13.3. The smallest absolute Gasteiger partial charge is 0.234 e. The second-order valence-corrected chi connectivity index (χ2v) is 18.1. The topological polar surface area (TPSA) is 194 Å². The van der Waals surface area contributed by atoms with Crippen LogP contribution in [0.1, 0.15) is 132 Å². The van der Waals surface area contributed by atoms with Crippen LogP contribution in [-0.2, 0) is 14.4 Å². The van der Waals surface area contributed by atoms with Gasteiger partial charge in [0.15, 0.2) is 17.2 Å². The fourth-order valence-corrected chi connectivity index (χ4v) is 9.56. The van der Waals surface area contributed by atoms with Gasteiger partial charge in [-0.15, -0.1) is 0 Å². The van der Waals surface area contributed by atoms with Gasteiger partial charge in [0.2, 0.25) is 17.7 Å². The van der Waals surface area contributed by atoms with Crippen LogP contribution in [-0.4, -0.2) is 108 Å². The maximum absolute atomic E-state index is 15.2. The Bertz CT molecular complexity index is 2480. The maximum Gasteiger partial charge on any atom is 0.234 e. The number of benzene rings is 1. The molecule has 4 fully saturated rings. The highest BCUT2D eigenvalue weighted by molar-refractivity contribution is 6.01. The van der Waals surface area contributed by atoms with E-state index in [0.717, 1.165) is 81.2 Å². The van der Waals surface area contributed by atoms with Crippen molar-refractivity contribution in [2.24, 2.45) is 0 Å². The fraction of sp³-hybridized carbons (Fsp3) is 0.543. The molecule has 1 atom stereocenters. The highest BCUT2D eigenvalue weighted by Gasteiger charge is 2.37. The summed E-state index contributed by atoms with van der Waals surface area (Å²) in [5, 5.41) is 12.3. The SMILES string of the molecule is CC(C)n1nc(-c2noc(C3CC3)c2-c2ncc(C3CCN(C(=O)CCCCCCCN4CCN(c5c(F)cc(C6CCC(=O)NC6=O)cc5F)CC4)CC3)cn2)c2c(N)ncnc21. The van der Waals surface area contributed by atoms with Gasteiger partial charge in [-0.05, 0) is 94.5 Å². The number of amides is 3. The lowest BCUT2D eigenvalue weighted by atomic mass is 9.90. The van der Waals surface area contributed by atoms with E-state index >= 15 is 8.78 Å². The van der Waals surface area contributed by atoms with Crippen molar-refractivity contribution in [2.75, 3.05) is 56.4 Å². The lowest BCUT2D eigenvalue weighted by molar-refractivity contribution is -0.134. The van der Waals surface area contributed by atoms with Crippen LogP contribution in [0.5, 0.6) is 0 Å². The van der Waals surface area contributed by atoms with Gasteiger partial charge in [0.05, 0.1) is 16.9 Å². The Morgan fingerprint density at radius 3 is 2.23 bits per heavy atom. The molecule has 3 saturated heterocycles. The molecule has 0 bridgehead atoms. The van der Waals surface area contributed by atoms with E-state index in [1.165, 1.54) is 18.5 Å². The van der Waals surface area contributed by atoms with Gasteiger partial charge < -0.3 is 20.1 Å². The number of nitrogens with two attached hydrogens (primary N) is 1. The van der Waals surface area contributed by atoms with Gasteiger partial charge in [-0.25, -0.2) is 33.4 Å². The number of fused-ring (bicyclic) bond motifs is 1. The molecule has 64 heavy (non-hydrogen) atoms. The first-order chi connectivity index (χ1) is 31.0. The van der Waals surface area contributed by atoms with E-state index in [2.05, 4.69) is 25.3 Å². The Hall–Kier alpha value is -5.91. The van der Waals surface area contributed by atoms with Crippen LogP contribution in [0.25, 0.3) is 33.8 Å². The number of piperazine rings is 1. The number of carbonyl (C=O) groups is 3. The predicted molar refractivity (Wildman–Crippen MR) is 235 cm³/mol. The number of carbonyl (C=O) groups excluding carboxylic acids is 3. The monoisotopic (exact) mass is 878 g/mol. The molecule has 3 N–H and O–H groups in total. The third-order valence-corrected chi connectivity index (χ3v) is 13.3. The molecule has 0 radical (unpaired) electrons. The van der Waals surface area contributed by atoms with Crippen molar-refractivity contribution in [1.29, 1.82) is 0 Å². The van der Waals surface area contributed by atoms with Crippen LogP contribution in [0.15, 0.2) is 35.4 Å². The van der Waals surface area contributed by atoms with Crippen molar-refractivity contribution >= 4 is 40.3 Å². The van der Waals surface area contributed by atoms with Gasteiger partial charge in [-0.3, -0.25) is 24.6 Å². The lowest BCUT2D eigenvalue weighted by Crippen LogP contribution is -2.47. The first-order valence-electron chi connectivity index (χ1n) is 22.9. The molecule has 1 aromatic carbocycles. The number of nitrogens with one attached hydrogen (secondary N) is 1. The van der Waals surface area contributed by atoms with E-state index in [1.54, 1.807) is 4.90 Å². The summed E-state index contributed by atoms with van der Waals surface area (Å²) in [6.07, 6.45) is 14.9. The Morgan fingerprint density at radius 1 is 0.844 bits per heavy atom. The van der Waals surface area contributed by atoms with Crippen LogP contribution < -0.4 is 16.0 Å². The van der Waals surface area contributed by atoms with E-state index in [1.807, 2.05) is 35.8 Å². The number of imide groups is 1. The third kappa shape index (κ3) is 9.06. The average Bonchev–Trinajstić information content (AvgIpc) is 3.91. The summed E-state index contributed by atoms with van der Waals surface area (Å²) in [6.45, 7) is 8.84. The minimum atomic E-state index is -0.734. The number of aromatic nitrogens is 7. The highest BCUT2D eigenvalue weighted by atomic mass is 19.1. The van der Waals surface area contributed by atoms with E-state index in [9.17, 15) is 14.4 Å². The maximum atomic E-state index is 15.2. The van der Waals surface area contributed by atoms with Crippen molar-refractivity contribution in [3.8, 4) is 22.8 Å². The normalized spacial score (nSPS) is 19.0. The fourth-order valence-electron chi connectivity index (χ4n) is 9.56. The van der Waals surface area contributed by atoms with E-state index in [-0.39, 0.29) is 53.8 Å². The molecule has 1 saturated carbocycles. The lowest BCUT2D eigenvalue weighted by Gasteiger charge is -2.36. The molecule has 1 aliphatic carbocycles. The van der Waals surface area contributed by atoms with E-state index in [4.69, 9.17) is 25.3 Å². The summed E-state index contributed by atoms with van der Waals surface area (Å²) in [7, 11) is 0. The summed E-state index contributed by atoms with van der Waals surface area (Å²) in [4.78, 5) is 61.4. The highest BCUT2D eigenvalue weighted by Crippen LogP contribution is 2.48. The van der Waals surface area contributed by atoms with E-state index in [0.29, 0.717) is 79.8 Å². The Labute approximate surface area is 370 Å². The van der Waals surface area contributed by atoms with Gasteiger partial charge in [-0.2, -0.15) is 5.10 Å². The van der Waals surface area contributed by atoms with Crippen LogP contribution in [0.4, 0.5) is 20.3 Å². The number of halogens is 2. The molecule has 4 aromatic heterocycles. The Kier molecular flexibility index (Phi) is 12.6. The van der Waals surface area contributed by atoms with Crippen LogP contribution in [0.2, 0.25) is 0 Å². The Balaban J connectivity index is 0.695. The molecule has 1 unspecified atom stereocenters. The predicted octanol–water partition coefficient (Wildman–Crippen LogP) is 6.65. The number of piperidine rings is 2. The number of hydrogen-bond donors (Lipinski definition) is 2. The van der Waals surface area contributed by atoms with Crippen LogP contribution in [0.3, 0.4) is 0 Å². The molecular formula is C46H56F2N12O4. The van der Waals surface area contributed by atoms with Crippen molar-refractivity contribution in [1.82, 2.24) is 50.0 Å². The minimum absolute atomic E-state index is 0.0332. The summed E-state index contributed by atoms with van der Waals surface area (Å²) < 4.78 is 38.1. The average molecular weight is 879 g/mol. The number of unbranched alkanes of at least 4 members (excludes halogenated alkanes) is 4. The second-order valence-electron chi connectivity index (χ2n) is 18.1. The van der Waals surface area contributed by atoms with Gasteiger partial charge in [0.25, 0.3) is 0 Å². The first kappa shape index (κ1) is 43.3. The zero-order valence-corrected chi connectivity index (χ0v) is 36.6. The molecule has 4 aliphatic rings. The minimum Gasteiger partial charge on any atom is -0.383 e. The van der Waals surface area contributed by atoms with Crippen molar-refractivity contribution in [3.63, 3.8) is 0 Å². The number of rotatable bonds is 15. The quantitative estimate of drug-likeness (QED) is 0.0840. The number of nitrogens with zero attached hydrogens (tertiary/aromatic N) is 10. The summed E-state index contributed by atoms with van der Waals surface area (Å²) in [6, 6.07) is 2.50. The van der Waals surface area contributed by atoms with Crippen molar-refractivity contribution in [3.05, 3.63) is 59.4 Å². The first-order valence-corrected chi connectivity index (χ1v) is 22.9. The zero-order valence-electron chi connectivity index (χ0n) is 36.6. The largest absolute Gasteiger partial charge is 0.383 e. The summed E-state index contributed by atoms with van der Waals surface area (Å²) >= 11 is 0. The number of anilines is 2. The van der Waals surface area contributed by atoms with Gasteiger partial charge in [-0.1, -0.05) is 24.4 Å². The summed E-state index contributed by atoms with van der Waals surface area (Å²) in [5.41, 5.74) is 10.1. The van der Waals surface area contributed by atoms with Crippen molar-refractivity contribution < 1.29 is 27.7 Å². The van der Waals surface area contributed by atoms with Gasteiger partial charge >= 0.3 is 0 Å². The van der Waals surface area contributed by atoms with Crippen molar-refractivity contribution in [2.45, 2.75) is 115 Å². The molecule has 3 aliphatic heterocycles. The number of hydrogen-bond acceptors (Lipinski definition) is 13. The molecule has 3 amide bonds. The molecule has 18 heteroatoms. The standard InChI is InChI=1S/C46H56F2N12O4/c1-27(2)60-45-38(43(49)52-26-53-45)39(55-60)40-37(42(64-56-40)29-9-10-29)44-50-24-31(25-51-44)28-13-16-58(17-14-28)36(62)8-6-4-3-5-7-15-57-18-20-59(21-19-57)41-33(47)22-30(23-34(41)48)32-11-12-35(61)54-46(32)63/h22-29,32H,3-21H2,1-2H3,(H2,49,52,53)(H,54,61,63). The Morgan fingerprint density at radius 2 is 1.55 bits per heavy atom. The summed E-state index contributed by atoms with van der Waals surface area (Å²) in [5.74, 6) is -0.632. The molecule has 9 rings (SSSR count). The molecule has 16 nitrogen and oxygen atoms in total. The van der Waals surface area contributed by atoms with Gasteiger partial charge in [0, 0.05) is 76.5 Å². The molecule has 338 valence electrons. The number of nitrogen functional groups attached to an aromatic ring is 1. The van der Waals surface area contributed by atoms with Crippen LogP contribution >= 0.6 is 0 Å². The van der Waals surface area contributed by atoms with Crippen LogP contribution in [0, 0.1) is 11.6 Å². The second kappa shape index (κ2) is 18.7. The zero-order chi connectivity index (χ0) is 44.5. The number of likely N-dealkylation sites (tertiary alicyclic amines) is 1. The molecular weight excluding hydrogens is 823 g/mol. The van der Waals surface area contributed by atoms with Gasteiger partial charge in [0.1, 0.15) is 40.9 Å². The van der Waals surface area contributed by atoms with E-state index < -0.39 is 23.5 Å².